The average molecular weight is 188 g/mol. The third-order valence-electron chi connectivity index (χ3n) is 2.33. The molecule has 0 saturated heterocycles. The lowest BCUT2D eigenvalue weighted by Gasteiger charge is -2.17. The molecule has 0 fully saturated rings. The van der Waals surface area contributed by atoms with E-state index in [0.717, 1.165) is 5.56 Å². The zero-order chi connectivity index (χ0) is 10.6. The van der Waals surface area contributed by atoms with Crippen LogP contribution in [0.2, 0.25) is 0 Å². The summed E-state index contributed by atoms with van der Waals surface area (Å²) in [6.07, 6.45) is 3.77. The molecule has 3 heteroatoms. The molecule has 0 bridgehead atoms. The average Bonchev–Trinajstić information content (AvgIpc) is 2.19. The molecule has 0 aliphatic rings. The molecule has 0 radical (unpaired) electrons. The van der Waals surface area contributed by atoms with E-state index < -0.39 is 5.41 Å². The Hall–Kier alpha value is -1.69. The molecule has 3 nitrogen and oxygen atoms in total. The zero-order valence-corrected chi connectivity index (χ0v) is 8.32. The maximum atomic E-state index is 11.3. The highest BCUT2D eigenvalue weighted by Crippen LogP contribution is 2.22. The lowest BCUT2D eigenvalue weighted by Crippen LogP contribution is -2.26. The summed E-state index contributed by atoms with van der Waals surface area (Å²) < 4.78 is 0. The van der Waals surface area contributed by atoms with E-state index in [2.05, 4.69) is 11.1 Å². The SMILES string of the molecule is CC(=O)C(C)(C#N)Cc1ccncc1. The van der Waals surface area contributed by atoms with Gasteiger partial charge in [0.1, 0.15) is 11.2 Å². The van der Waals surface area contributed by atoms with Crippen LogP contribution in [0.15, 0.2) is 24.5 Å². The number of carbonyl (C=O) groups excluding carboxylic acids is 1. The van der Waals surface area contributed by atoms with Gasteiger partial charge in [-0.1, -0.05) is 0 Å². The zero-order valence-electron chi connectivity index (χ0n) is 8.32. The number of pyridine rings is 1. The summed E-state index contributed by atoms with van der Waals surface area (Å²) in [5, 5.41) is 8.93. The molecule has 1 aromatic rings. The van der Waals surface area contributed by atoms with Crippen LogP contribution < -0.4 is 0 Å². The van der Waals surface area contributed by atoms with Gasteiger partial charge in [-0.3, -0.25) is 9.78 Å². The fraction of sp³-hybridized carbons (Fsp3) is 0.364. The summed E-state index contributed by atoms with van der Waals surface area (Å²) in [6, 6.07) is 5.69. The number of Topliss-reactive ketones (excluding diaryl/α,β-unsaturated/α-hetero) is 1. The lowest BCUT2D eigenvalue weighted by molar-refractivity contribution is -0.123. The Morgan fingerprint density at radius 2 is 2.14 bits per heavy atom. The van der Waals surface area contributed by atoms with Crippen molar-refractivity contribution in [2.45, 2.75) is 20.3 Å². The second kappa shape index (κ2) is 4.01. The van der Waals surface area contributed by atoms with Crippen LogP contribution in [-0.4, -0.2) is 10.8 Å². The van der Waals surface area contributed by atoms with Crippen LogP contribution in [0, 0.1) is 16.7 Å². The summed E-state index contributed by atoms with van der Waals surface area (Å²) in [6.45, 7) is 3.11. The van der Waals surface area contributed by atoms with Crippen LogP contribution in [0.25, 0.3) is 0 Å². The largest absolute Gasteiger partial charge is 0.298 e. The van der Waals surface area contributed by atoms with Gasteiger partial charge in [0.2, 0.25) is 0 Å². The highest BCUT2D eigenvalue weighted by atomic mass is 16.1. The minimum absolute atomic E-state index is 0.100. The van der Waals surface area contributed by atoms with Gasteiger partial charge < -0.3 is 0 Å². The van der Waals surface area contributed by atoms with Crippen molar-refractivity contribution in [3.8, 4) is 6.07 Å². The van der Waals surface area contributed by atoms with E-state index in [1.807, 2.05) is 12.1 Å². The van der Waals surface area contributed by atoms with Crippen molar-refractivity contribution in [2.75, 3.05) is 0 Å². The van der Waals surface area contributed by atoms with Crippen molar-refractivity contribution in [1.29, 1.82) is 5.26 Å². The van der Waals surface area contributed by atoms with Gasteiger partial charge in [-0.2, -0.15) is 5.26 Å². The number of ketones is 1. The normalized spacial score (nSPS) is 14.1. The van der Waals surface area contributed by atoms with E-state index in [-0.39, 0.29) is 5.78 Å². The molecular weight excluding hydrogens is 176 g/mol. The third-order valence-corrected chi connectivity index (χ3v) is 2.33. The van der Waals surface area contributed by atoms with Gasteiger partial charge >= 0.3 is 0 Å². The van der Waals surface area contributed by atoms with Crippen LogP contribution in [0.3, 0.4) is 0 Å². The summed E-state index contributed by atoms with van der Waals surface area (Å²) in [4.78, 5) is 15.1. The summed E-state index contributed by atoms with van der Waals surface area (Å²) in [5.41, 5.74) is 0.0423. The minimum Gasteiger partial charge on any atom is -0.298 e. The van der Waals surface area contributed by atoms with Crippen LogP contribution in [0.5, 0.6) is 0 Å². The molecule has 72 valence electrons. The number of hydrogen-bond donors (Lipinski definition) is 0. The van der Waals surface area contributed by atoms with Crippen molar-refractivity contribution in [3.05, 3.63) is 30.1 Å². The molecular formula is C11H12N2O. The molecule has 0 saturated carbocycles. The molecule has 0 aliphatic carbocycles. The number of nitriles is 1. The number of rotatable bonds is 3. The van der Waals surface area contributed by atoms with Gasteiger partial charge in [-0.05, 0) is 38.0 Å². The Morgan fingerprint density at radius 1 is 1.57 bits per heavy atom. The van der Waals surface area contributed by atoms with Crippen molar-refractivity contribution in [1.82, 2.24) is 4.98 Å². The summed E-state index contributed by atoms with van der Waals surface area (Å²) in [7, 11) is 0. The Kier molecular flexibility index (Phi) is 2.98. The molecule has 14 heavy (non-hydrogen) atoms. The molecule has 0 aliphatic heterocycles. The molecule has 1 aromatic heterocycles. The third kappa shape index (κ3) is 2.17. The maximum Gasteiger partial charge on any atom is 0.150 e. The molecule has 0 spiro atoms. The second-order valence-corrected chi connectivity index (χ2v) is 3.53. The first-order valence-electron chi connectivity index (χ1n) is 4.40. The van der Waals surface area contributed by atoms with E-state index in [1.165, 1.54) is 6.92 Å². The molecule has 0 amide bonds. The van der Waals surface area contributed by atoms with Crippen molar-refractivity contribution in [3.63, 3.8) is 0 Å². The van der Waals surface area contributed by atoms with Crippen molar-refractivity contribution < 1.29 is 4.79 Å². The predicted octanol–water partition coefficient (Wildman–Crippen LogP) is 1.74. The first kappa shape index (κ1) is 10.4. The number of carbonyl (C=O) groups is 1. The summed E-state index contributed by atoms with van der Waals surface area (Å²) >= 11 is 0. The Morgan fingerprint density at radius 3 is 2.57 bits per heavy atom. The Balaban J connectivity index is 2.88. The maximum absolute atomic E-state index is 11.3. The van der Waals surface area contributed by atoms with E-state index in [4.69, 9.17) is 5.26 Å². The van der Waals surface area contributed by atoms with Crippen molar-refractivity contribution >= 4 is 5.78 Å². The van der Waals surface area contributed by atoms with Gasteiger partial charge in [-0.25, -0.2) is 0 Å². The predicted molar refractivity (Wildman–Crippen MR) is 52.3 cm³/mol. The second-order valence-electron chi connectivity index (χ2n) is 3.53. The number of aromatic nitrogens is 1. The minimum atomic E-state index is -0.915. The van der Waals surface area contributed by atoms with Crippen LogP contribution in [0.4, 0.5) is 0 Å². The Labute approximate surface area is 83.4 Å². The summed E-state index contributed by atoms with van der Waals surface area (Å²) in [5.74, 6) is -0.100. The van der Waals surface area contributed by atoms with Crippen LogP contribution in [-0.2, 0) is 11.2 Å². The molecule has 1 unspecified atom stereocenters. The van der Waals surface area contributed by atoms with E-state index >= 15 is 0 Å². The van der Waals surface area contributed by atoms with E-state index in [0.29, 0.717) is 6.42 Å². The van der Waals surface area contributed by atoms with E-state index in [9.17, 15) is 4.79 Å². The first-order valence-corrected chi connectivity index (χ1v) is 4.40. The highest BCUT2D eigenvalue weighted by Gasteiger charge is 2.29. The number of hydrogen-bond acceptors (Lipinski definition) is 3. The van der Waals surface area contributed by atoms with Gasteiger partial charge in [0, 0.05) is 12.4 Å². The van der Waals surface area contributed by atoms with Gasteiger partial charge in [0.15, 0.2) is 0 Å². The molecule has 1 rings (SSSR count). The van der Waals surface area contributed by atoms with Gasteiger partial charge in [0.25, 0.3) is 0 Å². The molecule has 0 N–H and O–H groups in total. The molecule has 1 heterocycles. The van der Waals surface area contributed by atoms with Gasteiger partial charge in [-0.15, -0.1) is 0 Å². The quantitative estimate of drug-likeness (QED) is 0.726. The lowest BCUT2D eigenvalue weighted by atomic mass is 9.82. The monoisotopic (exact) mass is 188 g/mol. The molecule has 0 aromatic carbocycles. The van der Waals surface area contributed by atoms with Gasteiger partial charge in [0.05, 0.1) is 6.07 Å². The number of nitrogens with zero attached hydrogens (tertiary/aromatic N) is 2. The Bertz CT molecular complexity index is 367. The standard InChI is InChI=1S/C11H12N2O/c1-9(14)11(2,8-12)7-10-3-5-13-6-4-10/h3-6H,7H2,1-2H3. The topological polar surface area (TPSA) is 53.8 Å². The van der Waals surface area contributed by atoms with Crippen molar-refractivity contribution in [2.24, 2.45) is 5.41 Å². The van der Waals surface area contributed by atoms with Crippen LogP contribution >= 0.6 is 0 Å². The fourth-order valence-corrected chi connectivity index (χ4v) is 1.15. The van der Waals surface area contributed by atoms with Crippen LogP contribution in [0.1, 0.15) is 19.4 Å². The first-order chi connectivity index (χ1) is 6.58. The fourth-order valence-electron chi connectivity index (χ4n) is 1.15. The van der Waals surface area contributed by atoms with E-state index in [1.54, 1.807) is 19.3 Å². The molecule has 1 atom stereocenters. The highest BCUT2D eigenvalue weighted by molar-refractivity contribution is 5.85. The smallest absolute Gasteiger partial charge is 0.150 e.